The number of fused-ring (bicyclic) bond motifs is 1. The number of carbonyl (C=O) groups is 1. The normalized spacial score (nSPS) is 17.4. The predicted octanol–water partition coefficient (Wildman–Crippen LogP) is 3.20. The highest BCUT2D eigenvalue weighted by Gasteiger charge is 2.26. The Morgan fingerprint density at radius 2 is 1.92 bits per heavy atom. The Bertz CT molecular complexity index is 727. The van der Waals surface area contributed by atoms with E-state index in [2.05, 4.69) is 59.0 Å². The quantitative estimate of drug-likeness (QED) is 0.881. The summed E-state index contributed by atoms with van der Waals surface area (Å²) in [7, 11) is 2.14. The fourth-order valence-electron chi connectivity index (χ4n) is 3.43. The summed E-state index contributed by atoms with van der Waals surface area (Å²) in [5.41, 5.74) is 4.79. The summed E-state index contributed by atoms with van der Waals surface area (Å²) < 4.78 is 0. The van der Waals surface area contributed by atoms with Crippen molar-refractivity contribution in [3.8, 4) is 0 Å². The maximum Gasteiger partial charge on any atom is 0.238 e. The number of nitrogens with one attached hydrogen (secondary N) is 2. The molecular weight excluding hydrogens is 310 g/mol. The largest absolute Gasteiger partial charge is 0.325 e. The van der Waals surface area contributed by atoms with Crippen LogP contribution in [-0.2, 0) is 11.3 Å². The second kappa shape index (κ2) is 7.81. The first-order valence-corrected chi connectivity index (χ1v) is 8.93. The molecule has 3 rings (SSSR count). The highest BCUT2D eigenvalue weighted by molar-refractivity contribution is 5.93. The Morgan fingerprint density at radius 1 is 1.16 bits per heavy atom. The molecule has 25 heavy (non-hydrogen) atoms. The number of amides is 1. The van der Waals surface area contributed by atoms with Gasteiger partial charge in [-0.2, -0.15) is 0 Å². The maximum absolute atomic E-state index is 12.2. The lowest BCUT2D eigenvalue weighted by Crippen LogP contribution is -2.34. The van der Waals surface area contributed by atoms with E-state index in [-0.39, 0.29) is 5.91 Å². The van der Waals surface area contributed by atoms with Gasteiger partial charge < -0.3 is 15.5 Å². The Labute approximate surface area is 150 Å². The van der Waals surface area contributed by atoms with Crippen LogP contribution < -0.4 is 10.6 Å². The Balaban J connectivity index is 1.87. The molecule has 4 heteroatoms. The van der Waals surface area contributed by atoms with Gasteiger partial charge in [-0.1, -0.05) is 56.3 Å². The third kappa shape index (κ3) is 4.27. The van der Waals surface area contributed by atoms with Gasteiger partial charge in [-0.15, -0.1) is 0 Å². The van der Waals surface area contributed by atoms with E-state index in [1.807, 2.05) is 26.0 Å². The minimum Gasteiger partial charge on any atom is -0.325 e. The van der Waals surface area contributed by atoms with Gasteiger partial charge in [-0.25, -0.2) is 0 Å². The molecular formula is C21H27N3O. The SMILES string of the molecule is CC(C)NCC(=O)Nc1cccc2c1CN(C)CC2c1ccccc1. The number of benzene rings is 2. The first-order chi connectivity index (χ1) is 12.0. The summed E-state index contributed by atoms with van der Waals surface area (Å²) in [4.78, 5) is 14.6. The summed E-state index contributed by atoms with van der Waals surface area (Å²) in [5.74, 6) is 0.340. The minimum atomic E-state index is 0.00610. The predicted molar refractivity (Wildman–Crippen MR) is 103 cm³/mol. The van der Waals surface area contributed by atoms with Crippen molar-refractivity contribution in [1.29, 1.82) is 0 Å². The molecule has 132 valence electrons. The van der Waals surface area contributed by atoms with Crippen LogP contribution in [0.2, 0.25) is 0 Å². The Kier molecular flexibility index (Phi) is 5.51. The van der Waals surface area contributed by atoms with E-state index in [0.29, 0.717) is 18.5 Å². The molecule has 1 aliphatic heterocycles. The van der Waals surface area contributed by atoms with E-state index >= 15 is 0 Å². The van der Waals surface area contributed by atoms with E-state index in [1.165, 1.54) is 16.7 Å². The molecule has 2 aromatic rings. The van der Waals surface area contributed by atoms with Crippen molar-refractivity contribution in [2.24, 2.45) is 0 Å². The summed E-state index contributed by atoms with van der Waals surface area (Å²) in [5, 5.41) is 6.26. The van der Waals surface area contributed by atoms with Gasteiger partial charge in [-0.05, 0) is 29.8 Å². The highest BCUT2D eigenvalue weighted by Crippen LogP contribution is 2.36. The van der Waals surface area contributed by atoms with E-state index in [0.717, 1.165) is 18.8 Å². The molecule has 4 nitrogen and oxygen atoms in total. The monoisotopic (exact) mass is 337 g/mol. The van der Waals surface area contributed by atoms with Crippen molar-refractivity contribution in [3.63, 3.8) is 0 Å². The van der Waals surface area contributed by atoms with Gasteiger partial charge in [0.2, 0.25) is 5.91 Å². The van der Waals surface area contributed by atoms with Crippen molar-refractivity contribution in [2.45, 2.75) is 32.4 Å². The fourth-order valence-corrected chi connectivity index (χ4v) is 3.43. The molecule has 2 aromatic carbocycles. The van der Waals surface area contributed by atoms with Crippen LogP contribution in [0.4, 0.5) is 5.69 Å². The summed E-state index contributed by atoms with van der Waals surface area (Å²) in [6.07, 6.45) is 0. The van der Waals surface area contributed by atoms with E-state index in [4.69, 9.17) is 0 Å². The van der Waals surface area contributed by atoms with Crippen molar-refractivity contribution in [3.05, 3.63) is 65.2 Å². The van der Waals surface area contributed by atoms with Crippen LogP contribution >= 0.6 is 0 Å². The second-order valence-electron chi connectivity index (χ2n) is 7.12. The molecule has 1 aliphatic rings. The number of hydrogen-bond acceptors (Lipinski definition) is 3. The number of carbonyl (C=O) groups excluding carboxylic acids is 1. The Hall–Kier alpha value is -2.17. The molecule has 0 radical (unpaired) electrons. The smallest absolute Gasteiger partial charge is 0.238 e. The molecule has 1 amide bonds. The number of likely N-dealkylation sites (N-methyl/N-ethyl adjacent to an activating group) is 1. The van der Waals surface area contributed by atoms with Crippen molar-refractivity contribution in [1.82, 2.24) is 10.2 Å². The van der Waals surface area contributed by atoms with Crippen molar-refractivity contribution in [2.75, 3.05) is 25.5 Å². The zero-order valence-corrected chi connectivity index (χ0v) is 15.3. The molecule has 0 spiro atoms. The van der Waals surface area contributed by atoms with E-state index in [1.54, 1.807) is 0 Å². The molecule has 0 bridgehead atoms. The lowest BCUT2D eigenvalue weighted by atomic mass is 9.84. The summed E-state index contributed by atoms with van der Waals surface area (Å²) in [6, 6.07) is 17.1. The molecule has 0 fully saturated rings. The van der Waals surface area contributed by atoms with Crippen LogP contribution in [-0.4, -0.2) is 37.0 Å². The number of nitrogens with zero attached hydrogens (tertiary/aromatic N) is 1. The van der Waals surface area contributed by atoms with Crippen LogP contribution in [0.5, 0.6) is 0 Å². The lowest BCUT2D eigenvalue weighted by Gasteiger charge is -2.34. The molecule has 2 N–H and O–H groups in total. The molecule has 0 saturated heterocycles. The van der Waals surface area contributed by atoms with Gasteiger partial charge in [0.25, 0.3) is 0 Å². The van der Waals surface area contributed by atoms with Crippen LogP contribution in [0.15, 0.2) is 48.5 Å². The minimum absolute atomic E-state index is 0.00610. The second-order valence-corrected chi connectivity index (χ2v) is 7.12. The summed E-state index contributed by atoms with van der Waals surface area (Å²) in [6.45, 7) is 6.25. The molecule has 1 heterocycles. The number of anilines is 1. The van der Waals surface area contributed by atoms with Crippen LogP contribution in [0.1, 0.15) is 36.5 Å². The fraction of sp³-hybridized carbons (Fsp3) is 0.381. The average Bonchev–Trinajstić information content (AvgIpc) is 2.60. The van der Waals surface area contributed by atoms with Gasteiger partial charge in [-0.3, -0.25) is 4.79 Å². The van der Waals surface area contributed by atoms with Gasteiger partial charge in [0.05, 0.1) is 6.54 Å². The maximum atomic E-state index is 12.2. The van der Waals surface area contributed by atoms with Crippen molar-refractivity contribution < 1.29 is 4.79 Å². The molecule has 1 unspecified atom stereocenters. The van der Waals surface area contributed by atoms with Crippen LogP contribution in [0.25, 0.3) is 0 Å². The van der Waals surface area contributed by atoms with E-state index in [9.17, 15) is 4.79 Å². The summed E-state index contributed by atoms with van der Waals surface area (Å²) >= 11 is 0. The first-order valence-electron chi connectivity index (χ1n) is 8.93. The van der Waals surface area contributed by atoms with Gasteiger partial charge in [0.1, 0.15) is 0 Å². The highest BCUT2D eigenvalue weighted by atomic mass is 16.1. The Morgan fingerprint density at radius 3 is 2.64 bits per heavy atom. The van der Waals surface area contributed by atoms with Crippen LogP contribution in [0.3, 0.4) is 0 Å². The molecule has 0 aromatic heterocycles. The van der Waals surface area contributed by atoms with Crippen LogP contribution in [0, 0.1) is 0 Å². The zero-order chi connectivity index (χ0) is 17.8. The average molecular weight is 337 g/mol. The lowest BCUT2D eigenvalue weighted by molar-refractivity contribution is -0.115. The third-order valence-electron chi connectivity index (χ3n) is 4.66. The molecule has 0 saturated carbocycles. The van der Waals surface area contributed by atoms with Gasteiger partial charge in [0, 0.05) is 30.7 Å². The topological polar surface area (TPSA) is 44.4 Å². The molecule has 1 atom stereocenters. The zero-order valence-electron chi connectivity index (χ0n) is 15.3. The van der Waals surface area contributed by atoms with Crippen molar-refractivity contribution >= 4 is 11.6 Å². The third-order valence-corrected chi connectivity index (χ3v) is 4.66. The van der Waals surface area contributed by atoms with Gasteiger partial charge >= 0.3 is 0 Å². The standard InChI is InChI=1S/C21H27N3O/c1-15(2)22-12-21(25)23-20-11-7-10-17-18(13-24(3)14-19(17)20)16-8-5-4-6-9-16/h4-11,15,18,22H,12-14H2,1-3H3,(H,23,25). The molecule has 0 aliphatic carbocycles. The number of rotatable bonds is 5. The van der Waals surface area contributed by atoms with E-state index < -0.39 is 0 Å². The first kappa shape index (κ1) is 17.6. The van der Waals surface area contributed by atoms with Gasteiger partial charge in [0.15, 0.2) is 0 Å². The number of hydrogen-bond donors (Lipinski definition) is 2.